The molecule has 0 aromatic rings. The summed E-state index contributed by atoms with van der Waals surface area (Å²) < 4.78 is 0. The Bertz CT molecular complexity index is 197. The fraction of sp³-hybridized carbons (Fsp3) is 0.923. The van der Waals surface area contributed by atoms with Crippen LogP contribution in [0, 0.1) is 5.41 Å². The zero-order chi connectivity index (χ0) is 12.8. The summed E-state index contributed by atoms with van der Waals surface area (Å²) in [6, 6.07) is 0. The van der Waals surface area contributed by atoms with Crippen molar-refractivity contribution >= 4 is 5.96 Å². The van der Waals surface area contributed by atoms with Gasteiger partial charge in [-0.1, -0.05) is 20.8 Å². The van der Waals surface area contributed by atoms with Crippen LogP contribution in [-0.2, 0) is 0 Å². The minimum atomic E-state index is 0.386. The number of guanidine groups is 1. The minimum absolute atomic E-state index is 0.386. The van der Waals surface area contributed by atoms with Crippen molar-refractivity contribution in [3.8, 4) is 0 Å². The highest BCUT2D eigenvalue weighted by Crippen LogP contribution is 2.30. The Morgan fingerprint density at radius 2 is 1.25 bits per heavy atom. The molecule has 96 valence electrons. The first-order valence-electron chi connectivity index (χ1n) is 6.31. The summed E-state index contributed by atoms with van der Waals surface area (Å²) >= 11 is 0. The highest BCUT2D eigenvalue weighted by molar-refractivity contribution is 5.79. The molecule has 0 spiro atoms. The predicted octanol–water partition coefficient (Wildman–Crippen LogP) is 2.68. The third-order valence-corrected chi connectivity index (χ3v) is 3.61. The molecule has 0 aliphatic heterocycles. The van der Waals surface area contributed by atoms with Crippen LogP contribution in [0.25, 0.3) is 0 Å². The smallest absolute Gasteiger partial charge is 0.195 e. The SMILES string of the molecule is CCC(CC)(CC)CN=C(N(C)C)N(C)C. The largest absolute Gasteiger partial charge is 0.349 e. The first-order chi connectivity index (χ1) is 7.42. The van der Waals surface area contributed by atoms with Gasteiger partial charge in [-0.05, 0) is 24.7 Å². The summed E-state index contributed by atoms with van der Waals surface area (Å²) in [6.45, 7) is 7.75. The molecule has 0 aliphatic rings. The minimum Gasteiger partial charge on any atom is -0.349 e. The van der Waals surface area contributed by atoms with Crippen molar-refractivity contribution in [3.63, 3.8) is 0 Å². The molecule has 0 N–H and O–H groups in total. The van der Waals surface area contributed by atoms with Gasteiger partial charge >= 0.3 is 0 Å². The lowest BCUT2D eigenvalue weighted by atomic mass is 9.80. The van der Waals surface area contributed by atoms with Crippen LogP contribution in [0.4, 0.5) is 0 Å². The quantitative estimate of drug-likeness (QED) is 0.531. The second-order valence-corrected chi connectivity index (χ2v) is 4.97. The average Bonchev–Trinajstić information content (AvgIpc) is 2.24. The first kappa shape index (κ1) is 15.3. The van der Waals surface area contributed by atoms with Crippen molar-refractivity contribution < 1.29 is 0 Å². The Hall–Kier alpha value is -0.730. The number of hydrogen-bond acceptors (Lipinski definition) is 1. The van der Waals surface area contributed by atoms with E-state index >= 15 is 0 Å². The van der Waals surface area contributed by atoms with Crippen LogP contribution >= 0.6 is 0 Å². The number of nitrogens with zero attached hydrogens (tertiary/aromatic N) is 3. The van der Waals surface area contributed by atoms with Crippen molar-refractivity contribution in [1.82, 2.24) is 9.80 Å². The molecule has 3 nitrogen and oxygen atoms in total. The Kier molecular flexibility index (Phi) is 6.46. The van der Waals surface area contributed by atoms with Crippen LogP contribution in [0.2, 0.25) is 0 Å². The van der Waals surface area contributed by atoms with Gasteiger partial charge in [0, 0.05) is 34.7 Å². The van der Waals surface area contributed by atoms with Gasteiger partial charge in [-0.25, -0.2) is 0 Å². The summed E-state index contributed by atoms with van der Waals surface area (Å²) in [6.07, 6.45) is 3.62. The number of rotatable bonds is 5. The van der Waals surface area contributed by atoms with Crippen LogP contribution in [0.1, 0.15) is 40.0 Å². The molecule has 0 saturated carbocycles. The van der Waals surface area contributed by atoms with Gasteiger partial charge in [0.05, 0.1) is 0 Å². The molecule has 0 saturated heterocycles. The molecule has 0 aromatic carbocycles. The lowest BCUT2D eigenvalue weighted by Crippen LogP contribution is -2.36. The van der Waals surface area contributed by atoms with E-state index in [2.05, 4.69) is 30.6 Å². The predicted molar refractivity (Wildman–Crippen MR) is 73.0 cm³/mol. The van der Waals surface area contributed by atoms with E-state index in [0.717, 1.165) is 12.5 Å². The van der Waals surface area contributed by atoms with Crippen LogP contribution in [0.3, 0.4) is 0 Å². The fourth-order valence-electron chi connectivity index (χ4n) is 2.01. The third-order valence-electron chi connectivity index (χ3n) is 3.61. The summed E-state index contributed by atoms with van der Waals surface area (Å²) in [5, 5.41) is 0. The summed E-state index contributed by atoms with van der Waals surface area (Å²) in [5.41, 5.74) is 0.386. The number of aliphatic imine (C=N–C) groups is 1. The second kappa shape index (κ2) is 6.77. The molecule has 0 rings (SSSR count). The van der Waals surface area contributed by atoms with Gasteiger partial charge in [-0.2, -0.15) is 0 Å². The van der Waals surface area contributed by atoms with Gasteiger partial charge < -0.3 is 9.80 Å². The van der Waals surface area contributed by atoms with Crippen molar-refractivity contribution in [1.29, 1.82) is 0 Å². The van der Waals surface area contributed by atoms with E-state index < -0.39 is 0 Å². The monoisotopic (exact) mass is 227 g/mol. The molecule has 0 radical (unpaired) electrons. The first-order valence-corrected chi connectivity index (χ1v) is 6.31. The highest BCUT2D eigenvalue weighted by Gasteiger charge is 2.23. The molecular formula is C13H29N3. The topological polar surface area (TPSA) is 18.8 Å². The summed E-state index contributed by atoms with van der Waals surface area (Å²) in [5.74, 6) is 1.06. The second-order valence-electron chi connectivity index (χ2n) is 4.97. The zero-order valence-electron chi connectivity index (χ0n) is 12.2. The fourth-order valence-corrected chi connectivity index (χ4v) is 2.01. The van der Waals surface area contributed by atoms with Crippen LogP contribution < -0.4 is 0 Å². The van der Waals surface area contributed by atoms with Crippen molar-refractivity contribution in [2.75, 3.05) is 34.7 Å². The molecule has 0 heterocycles. The molecular weight excluding hydrogens is 198 g/mol. The Balaban J connectivity index is 4.74. The van der Waals surface area contributed by atoms with Gasteiger partial charge in [0.2, 0.25) is 0 Å². The molecule has 0 atom stereocenters. The van der Waals surface area contributed by atoms with E-state index in [1.165, 1.54) is 19.3 Å². The third kappa shape index (κ3) is 4.03. The van der Waals surface area contributed by atoms with E-state index in [0.29, 0.717) is 5.41 Å². The molecule has 0 amide bonds. The normalized spacial score (nSPS) is 11.2. The Morgan fingerprint density at radius 3 is 1.50 bits per heavy atom. The van der Waals surface area contributed by atoms with Crippen LogP contribution in [0.5, 0.6) is 0 Å². The van der Waals surface area contributed by atoms with Gasteiger partial charge in [-0.3, -0.25) is 4.99 Å². The maximum absolute atomic E-state index is 4.78. The zero-order valence-corrected chi connectivity index (χ0v) is 12.2. The van der Waals surface area contributed by atoms with Crippen molar-refractivity contribution in [2.45, 2.75) is 40.0 Å². The number of hydrogen-bond donors (Lipinski definition) is 0. The molecule has 0 aliphatic carbocycles. The lowest BCUT2D eigenvalue weighted by molar-refractivity contribution is 0.260. The summed E-state index contributed by atoms with van der Waals surface area (Å²) in [7, 11) is 8.18. The molecule has 3 heteroatoms. The molecule has 0 bridgehead atoms. The Labute approximate surface area is 102 Å². The lowest BCUT2D eigenvalue weighted by Gasteiger charge is -2.30. The Morgan fingerprint density at radius 1 is 0.875 bits per heavy atom. The maximum atomic E-state index is 4.78. The van der Waals surface area contributed by atoms with Gasteiger partial charge in [-0.15, -0.1) is 0 Å². The van der Waals surface area contributed by atoms with Crippen LogP contribution in [0.15, 0.2) is 4.99 Å². The van der Waals surface area contributed by atoms with Crippen LogP contribution in [-0.4, -0.2) is 50.5 Å². The van der Waals surface area contributed by atoms with Crippen molar-refractivity contribution in [2.24, 2.45) is 10.4 Å². The maximum Gasteiger partial charge on any atom is 0.195 e. The molecule has 16 heavy (non-hydrogen) atoms. The molecule has 0 unspecified atom stereocenters. The van der Waals surface area contributed by atoms with E-state index in [-0.39, 0.29) is 0 Å². The van der Waals surface area contributed by atoms with Gasteiger partial charge in [0.15, 0.2) is 5.96 Å². The molecule has 0 aromatic heterocycles. The van der Waals surface area contributed by atoms with Gasteiger partial charge in [0.25, 0.3) is 0 Å². The molecule has 0 fully saturated rings. The average molecular weight is 227 g/mol. The summed E-state index contributed by atoms with van der Waals surface area (Å²) in [4.78, 5) is 8.93. The van der Waals surface area contributed by atoms with Crippen molar-refractivity contribution in [3.05, 3.63) is 0 Å². The highest BCUT2D eigenvalue weighted by atomic mass is 15.3. The van der Waals surface area contributed by atoms with E-state index in [4.69, 9.17) is 4.99 Å². The van der Waals surface area contributed by atoms with E-state index in [9.17, 15) is 0 Å². The van der Waals surface area contributed by atoms with Gasteiger partial charge in [0.1, 0.15) is 0 Å². The van der Waals surface area contributed by atoms with E-state index in [1.807, 2.05) is 28.2 Å². The standard InChI is InChI=1S/C13H29N3/c1-8-13(9-2,10-3)11-14-12(15(4)5)16(6)7/h8-11H2,1-7H3. The van der Waals surface area contributed by atoms with E-state index in [1.54, 1.807) is 0 Å².